The number of nitrogens with one attached hydrogen (secondary N) is 2. The van der Waals surface area contributed by atoms with E-state index in [0.29, 0.717) is 44.2 Å². The molecule has 0 bridgehead atoms. The molecule has 3 heterocycles. The summed E-state index contributed by atoms with van der Waals surface area (Å²) in [5, 5.41) is 19.0. The van der Waals surface area contributed by atoms with Crippen LogP contribution in [0.15, 0.2) is 53.7 Å². The van der Waals surface area contributed by atoms with Crippen molar-refractivity contribution < 1.29 is 19.4 Å². The molecule has 7 nitrogen and oxygen atoms in total. The summed E-state index contributed by atoms with van der Waals surface area (Å²) in [7, 11) is 0. The van der Waals surface area contributed by atoms with Gasteiger partial charge in [0.05, 0.1) is 12.6 Å². The third kappa shape index (κ3) is 7.81. The van der Waals surface area contributed by atoms with Crippen molar-refractivity contribution in [1.82, 2.24) is 15.5 Å². The highest BCUT2D eigenvalue weighted by atomic mass is 32.1. The second kappa shape index (κ2) is 12.7. The highest BCUT2D eigenvalue weighted by molar-refractivity contribution is 7.09. The van der Waals surface area contributed by atoms with Gasteiger partial charge in [0, 0.05) is 18.0 Å². The second-order valence-electron chi connectivity index (χ2n) is 7.69. The first-order valence-corrected chi connectivity index (χ1v) is 11.7. The van der Waals surface area contributed by atoms with Crippen LogP contribution < -0.4 is 10.6 Å². The van der Waals surface area contributed by atoms with E-state index in [1.807, 2.05) is 11.4 Å². The lowest BCUT2D eigenvalue weighted by Crippen LogP contribution is -2.53. The number of aliphatic hydroxyl groups excluding tert-OH is 1. The molecule has 170 valence electrons. The minimum absolute atomic E-state index is 0.273. The average molecular weight is 448 g/mol. The summed E-state index contributed by atoms with van der Waals surface area (Å²) in [6.07, 6.45) is 7.40. The fraction of sp³-hybridized carbons (Fsp3) is 0.522. The highest BCUT2D eigenvalue weighted by Gasteiger charge is 2.27. The first kappa shape index (κ1) is 23.5. The van der Waals surface area contributed by atoms with Gasteiger partial charge in [-0.1, -0.05) is 24.8 Å². The number of carbonyl (C=O) groups is 1. The number of aliphatic hydroxyl groups is 1. The van der Waals surface area contributed by atoms with Crippen LogP contribution in [0.25, 0.3) is 0 Å². The van der Waals surface area contributed by atoms with Gasteiger partial charge in [0.1, 0.15) is 25.1 Å². The first-order valence-electron chi connectivity index (χ1n) is 10.9. The van der Waals surface area contributed by atoms with Gasteiger partial charge >= 0.3 is 6.03 Å². The smallest absolute Gasteiger partial charge is 0.315 e. The van der Waals surface area contributed by atoms with Crippen LogP contribution in [-0.2, 0) is 15.9 Å². The van der Waals surface area contributed by atoms with Gasteiger partial charge in [-0.05, 0) is 55.4 Å². The number of amides is 2. The van der Waals surface area contributed by atoms with Gasteiger partial charge in [0.2, 0.25) is 0 Å². The maximum Gasteiger partial charge on any atom is 0.315 e. The number of urea groups is 1. The molecule has 3 N–H and O–H groups in total. The monoisotopic (exact) mass is 447 g/mol. The second-order valence-corrected chi connectivity index (χ2v) is 8.73. The van der Waals surface area contributed by atoms with Crippen LogP contribution in [0.3, 0.4) is 0 Å². The first-order chi connectivity index (χ1) is 15.2. The van der Waals surface area contributed by atoms with E-state index in [0.717, 1.165) is 32.4 Å². The Kier molecular flexibility index (Phi) is 9.61. The Hall–Kier alpha value is -2.13. The standard InChI is InChI=1S/C23H33N3O4S/c1-2-18(7-8-19-17-29-13-14-30-19)22(27)21(16-26-11-3-4-12-26)25-23(28)24-10-9-20-6-5-15-31-20/h2,5-8,15,21-22,27H,1,3-4,9-14,16-17H2,(H2,24,25,28)/b18-7+,19-8+/t21-,22-/m1/s1. The van der Waals surface area contributed by atoms with Crippen molar-refractivity contribution in [3.05, 3.63) is 58.5 Å². The number of rotatable bonds is 10. The summed E-state index contributed by atoms with van der Waals surface area (Å²) in [6.45, 7) is 8.46. The third-order valence-corrected chi connectivity index (χ3v) is 6.32. The Morgan fingerprint density at radius 2 is 2.19 bits per heavy atom. The number of hydrogen-bond acceptors (Lipinski definition) is 6. The average Bonchev–Trinajstić information content (AvgIpc) is 3.49. The molecule has 2 fully saturated rings. The molecule has 0 aromatic carbocycles. The lowest BCUT2D eigenvalue weighted by molar-refractivity contribution is 0.0135. The van der Waals surface area contributed by atoms with Crippen molar-refractivity contribution in [2.75, 3.05) is 46.0 Å². The zero-order chi connectivity index (χ0) is 21.9. The SMILES string of the molecule is C=C/C(=C\C=C1/COCCO1)[C@@H](O)[C@@H](CN1CCCC1)NC(=O)NCCc1cccs1. The fourth-order valence-corrected chi connectivity index (χ4v) is 4.40. The number of nitrogens with zero attached hydrogens (tertiary/aromatic N) is 1. The van der Waals surface area contributed by atoms with E-state index < -0.39 is 12.1 Å². The number of thiophene rings is 1. The number of hydrogen-bond donors (Lipinski definition) is 3. The molecule has 2 aliphatic rings. The van der Waals surface area contributed by atoms with E-state index in [2.05, 4.69) is 28.2 Å². The molecule has 0 radical (unpaired) electrons. The molecular weight excluding hydrogens is 414 g/mol. The fourth-order valence-electron chi connectivity index (χ4n) is 3.69. The molecule has 2 saturated heterocycles. The van der Waals surface area contributed by atoms with Crippen molar-refractivity contribution in [3.8, 4) is 0 Å². The van der Waals surface area contributed by atoms with Gasteiger partial charge in [0.25, 0.3) is 0 Å². The van der Waals surface area contributed by atoms with Gasteiger partial charge in [-0.2, -0.15) is 0 Å². The van der Waals surface area contributed by atoms with Crippen molar-refractivity contribution in [2.45, 2.75) is 31.4 Å². The van der Waals surface area contributed by atoms with Crippen molar-refractivity contribution >= 4 is 17.4 Å². The van der Waals surface area contributed by atoms with E-state index in [1.165, 1.54) is 4.88 Å². The molecule has 0 spiro atoms. The van der Waals surface area contributed by atoms with Crippen molar-refractivity contribution in [1.29, 1.82) is 0 Å². The lowest BCUT2D eigenvalue weighted by Gasteiger charge is -2.29. The predicted molar refractivity (Wildman–Crippen MR) is 123 cm³/mol. The molecule has 2 atom stereocenters. The third-order valence-electron chi connectivity index (χ3n) is 5.39. The maximum atomic E-state index is 12.5. The molecule has 0 aliphatic carbocycles. The van der Waals surface area contributed by atoms with E-state index >= 15 is 0 Å². The van der Waals surface area contributed by atoms with Crippen LogP contribution in [0.2, 0.25) is 0 Å². The minimum atomic E-state index is -0.887. The number of likely N-dealkylation sites (tertiary alicyclic amines) is 1. The molecule has 2 amide bonds. The Balaban J connectivity index is 1.61. The highest BCUT2D eigenvalue weighted by Crippen LogP contribution is 2.15. The van der Waals surface area contributed by atoms with E-state index in [1.54, 1.807) is 29.6 Å². The van der Waals surface area contributed by atoms with E-state index in [9.17, 15) is 9.90 Å². The molecule has 0 unspecified atom stereocenters. The Bertz CT molecular complexity index is 749. The molecule has 2 aliphatic heterocycles. The molecule has 3 rings (SSSR count). The Morgan fingerprint density at radius 1 is 1.35 bits per heavy atom. The lowest BCUT2D eigenvalue weighted by atomic mass is 10.0. The van der Waals surface area contributed by atoms with E-state index in [4.69, 9.17) is 9.47 Å². The summed E-state index contributed by atoms with van der Waals surface area (Å²) < 4.78 is 10.9. The molecule has 31 heavy (non-hydrogen) atoms. The van der Waals surface area contributed by atoms with Crippen LogP contribution >= 0.6 is 11.3 Å². The molecule has 1 aromatic rings. The normalized spacial score (nSPS) is 20.8. The zero-order valence-electron chi connectivity index (χ0n) is 17.9. The Labute approximate surface area is 188 Å². The summed E-state index contributed by atoms with van der Waals surface area (Å²) >= 11 is 1.68. The van der Waals surface area contributed by atoms with Gasteiger partial charge in [-0.15, -0.1) is 11.3 Å². The maximum absolute atomic E-state index is 12.5. The Morgan fingerprint density at radius 3 is 2.87 bits per heavy atom. The van der Waals surface area contributed by atoms with Gasteiger partial charge in [0.15, 0.2) is 0 Å². The van der Waals surface area contributed by atoms with Crippen LogP contribution in [0.1, 0.15) is 17.7 Å². The molecule has 1 aromatic heterocycles. The number of carbonyl (C=O) groups excluding carboxylic acids is 1. The summed E-state index contributed by atoms with van der Waals surface area (Å²) in [5.74, 6) is 0.716. The van der Waals surface area contributed by atoms with Crippen LogP contribution in [0, 0.1) is 0 Å². The van der Waals surface area contributed by atoms with Crippen LogP contribution in [0.4, 0.5) is 4.79 Å². The van der Waals surface area contributed by atoms with Crippen LogP contribution in [-0.4, -0.2) is 74.2 Å². The van der Waals surface area contributed by atoms with Gasteiger partial charge in [-0.25, -0.2) is 4.79 Å². The summed E-state index contributed by atoms with van der Waals surface area (Å²) in [5.41, 5.74) is 0.629. The molecular formula is C23H33N3O4S. The summed E-state index contributed by atoms with van der Waals surface area (Å²) in [6, 6.07) is 3.34. The quantitative estimate of drug-likeness (QED) is 0.480. The van der Waals surface area contributed by atoms with Crippen LogP contribution in [0.5, 0.6) is 0 Å². The van der Waals surface area contributed by atoms with Gasteiger partial charge in [-0.3, -0.25) is 0 Å². The minimum Gasteiger partial charge on any atom is -0.493 e. The van der Waals surface area contributed by atoms with Crippen molar-refractivity contribution in [3.63, 3.8) is 0 Å². The number of allylic oxidation sites excluding steroid dienone is 2. The van der Waals surface area contributed by atoms with Gasteiger partial charge < -0.3 is 30.1 Å². The summed E-state index contributed by atoms with van der Waals surface area (Å²) in [4.78, 5) is 16.0. The topological polar surface area (TPSA) is 83.1 Å². The zero-order valence-corrected chi connectivity index (χ0v) is 18.7. The van der Waals surface area contributed by atoms with Crippen molar-refractivity contribution in [2.24, 2.45) is 0 Å². The van der Waals surface area contributed by atoms with E-state index in [-0.39, 0.29) is 6.03 Å². The molecule has 0 saturated carbocycles. The molecule has 8 heteroatoms. The number of ether oxygens (including phenoxy) is 2. The largest absolute Gasteiger partial charge is 0.493 e. The predicted octanol–water partition coefficient (Wildman–Crippen LogP) is 2.46.